The molecule has 23 heavy (non-hydrogen) atoms. The summed E-state index contributed by atoms with van der Waals surface area (Å²) >= 11 is 12.0. The molecule has 2 aromatic carbocycles. The summed E-state index contributed by atoms with van der Waals surface area (Å²) in [6.07, 6.45) is 2.37. The van der Waals surface area contributed by atoms with Crippen LogP contribution in [0.15, 0.2) is 66.1 Å². The van der Waals surface area contributed by atoms with Crippen LogP contribution in [0.4, 0.5) is 0 Å². The molecule has 1 unspecified atom stereocenters. The van der Waals surface area contributed by atoms with Gasteiger partial charge in [0.05, 0.1) is 14.9 Å². The molecule has 0 fully saturated rings. The number of hydrogen-bond donors (Lipinski definition) is 1. The Morgan fingerprint density at radius 3 is 2.39 bits per heavy atom. The fourth-order valence-corrected chi connectivity index (χ4v) is 3.61. The minimum Gasteiger partial charge on any atom is -0.211 e. The first-order valence-electron chi connectivity index (χ1n) is 7.04. The Hall–Kier alpha value is -1.33. The molecule has 6 heteroatoms. The molecular formula is C17H17Cl2NO2S. The molecule has 0 radical (unpaired) electrons. The van der Waals surface area contributed by atoms with E-state index in [1.807, 2.05) is 6.07 Å². The first-order chi connectivity index (χ1) is 10.9. The van der Waals surface area contributed by atoms with Crippen molar-refractivity contribution in [2.75, 3.05) is 6.54 Å². The van der Waals surface area contributed by atoms with Crippen molar-refractivity contribution in [3.05, 3.63) is 76.8 Å². The molecular weight excluding hydrogens is 353 g/mol. The Morgan fingerprint density at radius 1 is 1.09 bits per heavy atom. The summed E-state index contributed by atoms with van der Waals surface area (Å²) in [5, 5.41) is 0.918. The van der Waals surface area contributed by atoms with Crippen LogP contribution >= 0.6 is 23.2 Å². The van der Waals surface area contributed by atoms with Gasteiger partial charge in [0.25, 0.3) is 0 Å². The summed E-state index contributed by atoms with van der Waals surface area (Å²) in [6.45, 7) is 3.98. The molecule has 0 aromatic heterocycles. The van der Waals surface area contributed by atoms with E-state index in [4.69, 9.17) is 23.2 Å². The van der Waals surface area contributed by atoms with Crippen molar-refractivity contribution in [2.24, 2.45) is 0 Å². The number of rotatable bonds is 7. The topological polar surface area (TPSA) is 46.2 Å². The predicted octanol–water partition coefficient (Wildman–Crippen LogP) is 4.63. The lowest BCUT2D eigenvalue weighted by molar-refractivity contribution is 0.570. The second-order valence-corrected chi connectivity index (χ2v) is 7.64. The average Bonchev–Trinajstić information content (AvgIpc) is 2.55. The zero-order valence-electron chi connectivity index (χ0n) is 12.4. The molecule has 0 aliphatic rings. The molecule has 2 rings (SSSR count). The SMILES string of the molecule is C=CCC(CNS(=O)(=O)c1ccccc1)c1ccc(Cl)c(Cl)c1. The van der Waals surface area contributed by atoms with Gasteiger partial charge in [-0.3, -0.25) is 0 Å². The summed E-state index contributed by atoms with van der Waals surface area (Å²) in [7, 11) is -3.54. The maximum Gasteiger partial charge on any atom is 0.240 e. The van der Waals surface area contributed by atoms with E-state index in [1.165, 1.54) is 0 Å². The van der Waals surface area contributed by atoms with Crippen LogP contribution in [-0.4, -0.2) is 15.0 Å². The Kier molecular flexibility index (Phi) is 6.25. The molecule has 0 heterocycles. The van der Waals surface area contributed by atoms with Gasteiger partial charge in [-0.25, -0.2) is 13.1 Å². The molecule has 0 amide bonds. The van der Waals surface area contributed by atoms with Gasteiger partial charge in [0.1, 0.15) is 0 Å². The van der Waals surface area contributed by atoms with E-state index in [9.17, 15) is 8.42 Å². The highest BCUT2D eigenvalue weighted by Gasteiger charge is 2.18. The molecule has 0 bridgehead atoms. The number of nitrogens with one attached hydrogen (secondary N) is 1. The zero-order valence-corrected chi connectivity index (χ0v) is 14.7. The number of allylic oxidation sites excluding steroid dienone is 1. The maximum atomic E-state index is 12.3. The molecule has 1 atom stereocenters. The number of benzene rings is 2. The highest BCUT2D eigenvalue weighted by Crippen LogP contribution is 2.28. The molecule has 0 aliphatic heterocycles. The Balaban J connectivity index is 2.17. The Morgan fingerprint density at radius 2 is 1.78 bits per heavy atom. The van der Waals surface area contributed by atoms with Gasteiger partial charge in [0.15, 0.2) is 0 Å². The lowest BCUT2D eigenvalue weighted by Crippen LogP contribution is -2.28. The molecule has 0 saturated heterocycles. The maximum absolute atomic E-state index is 12.3. The Bertz CT molecular complexity index is 776. The lowest BCUT2D eigenvalue weighted by atomic mass is 9.96. The third-order valence-corrected chi connectivity index (χ3v) is 5.62. The van der Waals surface area contributed by atoms with Crippen LogP contribution in [-0.2, 0) is 10.0 Å². The summed E-state index contributed by atoms with van der Waals surface area (Å²) in [5.41, 5.74) is 0.912. The predicted molar refractivity (Wildman–Crippen MR) is 95.6 cm³/mol. The molecule has 0 aliphatic carbocycles. The highest BCUT2D eigenvalue weighted by atomic mass is 35.5. The van der Waals surface area contributed by atoms with E-state index >= 15 is 0 Å². The normalized spacial score (nSPS) is 12.8. The third kappa shape index (κ3) is 4.82. The van der Waals surface area contributed by atoms with Crippen molar-refractivity contribution in [1.29, 1.82) is 0 Å². The van der Waals surface area contributed by atoms with E-state index < -0.39 is 10.0 Å². The van der Waals surface area contributed by atoms with Crippen molar-refractivity contribution in [3.63, 3.8) is 0 Å². The number of sulfonamides is 1. The summed E-state index contributed by atoms with van der Waals surface area (Å²) in [4.78, 5) is 0.242. The van der Waals surface area contributed by atoms with E-state index in [1.54, 1.807) is 48.5 Å². The standard InChI is InChI=1S/C17H17Cl2NO2S/c1-2-6-14(13-9-10-16(18)17(19)11-13)12-20-23(21,22)15-7-4-3-5-8-15/h2-5,7-11,14,20H,1,6,12H2. The van der Waals surface area contributed by atoms with Crippen LogP contribution in [0.3, 0.4) is 0 Å². The van der Waals surface area contributed by atoms with Crippen molar-refractivity contribution in [3.8, 4) is 0 Å². The van der Waals surface area contributed by atoms with Crippen LogP contribution in [0.2, 0.25) is 10.0 Å². The van der Waals surface area contributed by atoms with Gasteiger partial charge >= 0.3 is 0 Å². The van der Waals surface area contributed by atoms with Crippen LogP contribution in [0.5, 0.6) is 0 Å². The molecule has 0 saturated carbocycles. The van der Waals surface area contributed by atoms with Crippen LogP contribution in [0, 0.1) is 0 Å². The number of halogens is 2. The first kappa shape index (κ1) is 18.0. The van der Waals surface area contributed by atoms with Crippen molar-refractivity contribution in [1.82, 2.24) is 4.72 Å². The summed E-state index contributed by atoms with van der Waals surface area (Å²) in [5.74, 6) is -0.0687. The molecule has 3 nitrogen and oxygen atoms in total. The van der Waals surface area contributed by atoms with Gasteiger partial charge in [-0.05, 0) is 36.2 Å². The van der Waals surface area contributed by atoms with E-state index in [0.29, 0.717) is 16.5 Å². The largest absolute Gasteiger partial charge is 0.240 e. The minimum absolute atomic E-state index is 0.0687. The van der Waals surface area contributed by atoms with Crippen LogP contribution in [0.25, 0.3) is 0 Å². The third-order valence-electron chi connectivity index (χ3n) is 3.44. The van der Waals surface area contributed by atoms with Gasteiger partial charge < -0.3 is 0 Å². The average molecular weight is 370 g/mol. The fourth-order valence-electron chi connectivity index (χ4n) is 2.20. The van der Waals surface area contributed by atoms with Crippen molar-refractivity contribution < 1.29 is 8.42 Å². The molecule has 122 valence electrons. The second kappa shape index (κ2) is 7.97. The van der Waals surface area contributed by atoms with Crippen LogP contribution < -0.4 is 4.72 Å². The smallest absolute Gasteiger partial charge is 0.211 e. The summed E-state index contributed by atoms with van der Waals surface area (Å²) < 4.78 is 27.3. The lowest BCUT2D eigenvalue weighted by Gasteiger charge is -2.17. The highest BCUT2D eigenvalue weighted by molar-refractivity contribution is 7.89. The second-order valence-electron chi connectivity index (χ2n) is 5.06. The molecule has 1 N–H and O–H groups in total. The van der Waals surface area contributed by atoms with Gasteiger partial charge in [0.2, 0.25) is 10.0 Å². The Labute approximate surface area is 147 Å². The zero-order chi connectivity index (χ0) is 16.9. The molecule has 0 spiro atoms. The van der Waals surface area contributed by atoms with Gasteiger partial charge in [0, 0.05) is 12.5 Å². The molecule has 2 aromatic rings. The quantitative estimate of drug-likeness (QED) is 0.723. The van der Waals surface area contributed by atoms with E-state index in [0.717, 1.165) is 5.56 Å². The van der Waals surface area contributed by atoms with Crippen molar-refractivity contribution in [2.45, 2.75) is 17.2 Å². The van der Waals surface area contributed by atoms with Gasteiger partial charge in [-0.1, -0.05) is 53.5 Å². The first-order valence-corrected chi connectivity index (χ1v) is 9.28. The van der Waals surface area contributed by atoms with E-state index in [-0.39, 0.29) is 17.4 Å². The van der Waals surface area contributed by atoms with Gasteiger partial charge in [-0.15, -0.1) is 6.58 Å². The monoisotopic (exact) mass is 369 g/mol. The van der Waals surface area contributed by atoms with Crippen molar-refractivity contribution >= 4 is 33.2 Å². The summed E-state index contributed by atoms with van der Waals surface area (Å²) in [6, 6.07) is 13.6. The van der Waals surface area contributed by atoms with Gasteiger partial charge in [-0.2, -0.15) is 0 Å². The fraction of sp³-hybridized carbons (Fsp3) is 0.176. The van der Waals surface area contributed by atoms with Crippen LogP contribution in [0.1, 0.15) is 17.9 Å². The minimum atomic E-state index is -3.54. The number of hydrogen-bond acceptors (Lipinski definition) is 2. The van der Waals surface area contributed by atoms with E-state index in [2.05, 4.69) is 11.3 Å².